The maximum Gasteiger partial charge on any atom is 0.280 e. The highest BCUT2D eigenvalue weighted by molar-refractivity contribution is 5.85. The van der Waals surface area contributed by atoms with Crippen molar-refractivity contribution in [2.24, 2.45) is 0 Å². The first kappa shape index (κ1) is 14.8. The van der Waals surface area contributed by atoms with E-state index in [2.05, 4.69) is 0 Å². The molecule has 1 heterocycles. The lowest BCUT2D eigenvalue weighted by Crippen LogP contribution is -2.35. The monoisotopic (exact) mass is 297 g/mol. The minimum absolute atomic E-state index is 0.169. The second-order valence-electron chi connectivity index (χ2n) is 5.78. The fraction of sp³-hybridized carbons (Fsp3) is 0.278. The number of benzene rings is 2. The molecule has 1 saturated heterocycles. The summed E-state index contributed by atoms with van der Waals surface area (Å²) in [7, 11) is 0. The standard InChI is InChI=1S/C18H19NO3/c1-18(2)17(20)19(21-13-14-9-5-3-6-10-14)16(22-18)15-11-7-4-8-12-15/h3-12,16H,13H2,1-2H3/t16-/m1/s1. The van der Waals surface area contributed by atoms with Crippen LogP contribution in [-0.2, 0) is 21.0 Å². The molecule has 22 heavy (non-hydrogen) atoms. The fourth-order valence-electron chi connectivity index (χ4n) is 2.41. The second-order valence-corrected chi connectivity index (χ2v) is 5.78. The number of nitrogens with zero attached hydrogens (tertiary/aromatic N) is 1. The summed E-state index contributed by atoms with van der Waals surface area (Å²) in [6.45, 7) is 3.85. The molecule has 4 heteroatoms. The number of ether oxygens (including phenoxy) is 1. The van der Waals surface area contributed by atoms with Gasteiger partial charge in [0.25, 0.3) is 5.91 Å². The van der Waals surface area contributed by atoms with Gasteiger partial charge in [-0.1, -0.05) is 60.7 Å². The van der Waals surface area contributed by atoms with Gasteiger partial charge in [0.1, 0.15) is 12.2 Å². The van der Waals surface area contributed by atoms with Crippen LogP contribution >= 0.6 is 0 Å². The third kappa shape index (κ3) is 2.89. The molecule has 1 aliphatic rings. The van der Waals surface area contributed by atoms with Crippen LogP contribution in [0.3, 0.4) is 0 Å². The number of amides is 1. The average molecular weight is 297 g/mol. The highest BCUT2D eigenvalue weighted by Gasteiger charge is 2.48. The van der Waals surface area contributed by atoms with Crippen LogP contribution in [0.2, 0.25) is 0 Å². The smallest absolute Gasteiger partial charge is 0.280 e. The van der Waals surface area contributed by atoms with Gasteiger partial charge in [-0.25, -0.2) is 0 Å². The van der Waals surface area contributed by atoms with E-state index in [4.69, 9.17) is 9.57 Å². The van der Waals surface area contributed by atoms with Crippen LogP contribution in [0.1, 0.15) is 31.2 Å². The van der Waals surface area contributed by atoms with Gasteiger partial charge in [-0.15, -0.1) is 0 Å². The van der Waals surface area contributed by atoms with Crippen LogP contribution < -0.4 is 0 Å². The Balaban J connectivity index is 1.80. The molecule has 1 atom stereocenters. The predicted octanol–water partition coefficient (Wildman–Crippen LogP) is 3.45. The molecule has 2 aromatic rings. The van der Waals surface area contributed by atoms with Gasteiger partial charge in [0.15, 0.2) is 6.23 Å². The number of hydrogen-bond donors (Lipinski definition) is 0. The van der Waals surface area contributed by atoms with E-state index >= 15 is 0 Å². The molecule has 1 fully saturated rings. The van der Waals surface area contributed by atoms with E-state index in [1.165, 1.54) is 5.06 Å². The highest BCUT2D eigenvalue weighted by atomic mass is 16.7. The highest BCUT2D eigenvalue weighted by Crippen LogP contribution is 2.37. The van der Waals surface area contributed by atoms with E-state index in [-0.39, 0.29) is 5.91 Å². The van der Waals surface area contributed by atoms with Crippen molar-refractivity contribution < 1.29 is 14.4 Å². The quantitative estimate of drug-likeness (QED) is 0.867. The van der Waals surface area contributed by atoms with Crippen molar-refractivity contribution in [2.45, 2.75) is 32.3 Å². The van der Waals surface area contributed by atoms with Crippen molar-refractivity contribution in [1.82, 2.24) is 5.06 Å². The Morgan fingerprint density at radius 1 is 1.05 bits per heavy atom. The summed E-state index contributed by atoms with van der Waals surface area (Å²) >= 11 is 0. The zero-order valence-corrected chi connectivity index (χ0v) is 12.7. The Hall–Kier alpha value is -2.17. The number of hydrogen-bond acceptors (Lipinski definition) is 3. The first-order valence-electron chi connectivity index (χ1n) is 7.31. The van der Waals surface area contributed by atoms with Crippen molar-refractivity contribution in [3.05, 3.63) is 71.8 Å². The molecule has 0 spiro atoms. The molecule has 1 aliphatic heterocycles. The van der Waals surface area contributed by atoms with Gasteiger partial charge in [-0.05, 0) is 19.4 Å². The number of carbonyl (C=O) groups is 1. The molecule has 0 aromatic heterocycles. The Morgan fingerprint density at radius 2 is 1.64 bits per heavy atom. The summed E-state index contributed by atoms with van der Waals surface area (Å²) in [4.78, 5) is 18.3. The molecule has 1 amide bonds. The first-order chi connectivity index (χ1) is 10.6. The van der Waals surface area contributed by atoms with Gasteiger partial charge in [-0.3, -0.25) is 9.63 Å². The van der Waals surface area contributed by atoms with Gasteiger partial charge >= 0.3 is 0 Å². The maximum absolute atomic E-state index is 12.5. The molecule has 114 valence electrons. The van der Waals surface area contributed by atoms with Gasteiger partial charge in [0.2, 0.25) is 0 Å². The molecule has 3 rings (SSSR count). The van der Waals surface area contributed by atoms with Crippen LogP contribution in [0.5, 0.6) is 0 Å². The van der Waals surface area contributed by atoms with E-state index in [9.17, 15) is 4.79 Å². The lowest BCUT2D eigenvalue weighted by atomic mass is 10.1. The Bertz CT molecular complexity index is 640. The largest absolute Gasteiger partial charge is 0.336 e. The Morgan fingerprint density at radius 3 is 2.27 bits per heavy atom. The Labute approximate surface area is 130 Å². The predicted molar refractivity (Wildman–Crippen MR) is 82.4 cm³/mol. The molecule has 0 saturated carbocycles. The maximum atomic E-state index is 12.5. The van der Waals surface area contributed by atoms with Crippen molar-refractivity contribution in [2.75, 3.05) is 0 Å². The SMILES string of the molecule is CC1(C)O[C@H](c2ccccc2)N(OCc2ccccc2)C1=O. The number of hydroxylamine groups is 2. The van der Waals surface area contributed by atoms with Crippen LogP contribution in [0.4, 0.5) is 0 Å². The number of carbonyl (C=O) groups excluding carboxylic acids is 1. The van der Waals surface area contributed by atoms with Crippen molar-refractivity contribution in [1.29, 1.82) is 0 Å². The lowest BCUT2D eigenvalue weighted by Gasteiger charge is -2.22. The van der Waals surface area contributed by atoms with E-state index in [0.717, 1.165) is 11.1 Å². The summed E-state index contributed by atoms with van der Waals surface area (Å²) < 4.78 is 5.90. The van der Waals surface area contributed by atoms with Gasteiger partial charge < -0.3 is 4.74 Å². The van der Waals surface area contributed by atoms with Gasteiger partial charge in [-0.2, -0.15) is 5.06 Å². The average Bonchev–Trinajstić information content (AvgIpc) is 2.78. The van der Waals surface area contributed by atoms with Crippen LogP contribution in [0.15, 0.2) is 60.7 Å². The molecular formula is C18H19NO3. The summed E-state index contributed by atoms with van der Waals surface area (Å²) in [6.07, 6.45) is -0.521. The second kappa shape index (κ2) is 5.91. The van der Waals surface area contributed by atoms with E-state index < -0.39 is 11.8 Å². The molecule has 0 aliphatic carbocycles. The fourth-order valence-corrected chi connectivity index (χ4v) is 2.41. The molecular weight excluding hydrogens is 278 g/mol. The molecule has 4 nitrogen and oxygen atoms in total. The van der Waals surface area contributed by atoms with E-state index in [0.29, 0.717) is 6.61 Å². The van der Waals surface area contributed by atoms with Crippen LogP contribution in [0.25, 0.3) is 0 Å². The minimum Gasteiger partial charge on any atom is -0.336 e. The topological polar surface area (TPSA) is 38.8 Å². The summed E-state index contributed by atoms with van der Waals surface area (Å²) in [5.74, 6) is -0.169. The van der Waals surface area contributed by atoms with Crippen molar-refractivity contribution >= 4 is 5.91 Å². The molecule has 0 bridgehead atoms. The summed E-state index contributed by atoms with van der Waals surface area (Å²) in [6, 6.07) is 19.4. The van der Waals surface area contributed by atoms with E-state index in [1.54, 1.807) is 13.8 Å². The zero-order chi connectivity index (χ0) is 15.6. The first-order valence-corrected chi connectivity index (χ1v) is 7.31. The molecule has 0 unspecified atom stereocenters. The lowest BCUT2D eigenvalue weighted by molar-refractivity contribution is -0.218. The van der Waals surface area contributed by atoms with Gasteiger partial charge in [0.05, 0.1) is 0 Å². The van der Waals surface area contributed by atoms with Crippen LogP contribution in [-0.4, -0.2) is 16.6 Å². The molecule has 2 aromatic carbocycles. The normalized spacial score (nSPS) is 20.4. The van der Waals surface area contributed by atoms with E-state index in [1.807, 2.05) is 60.7 Å². The van der Waals surface area contributed by atoms with Crippen LogP contribution in [0, 0.1) is 0 Å². The zero-order valence-electron chi connectivity index (χ0n) is 12.7. The third-order valence-corrected chi connectivity index (χ3v) is 3.63. The van der Waals surface area contributed by atoms with Crippen molar-refractivity contribution in [3.63, 3.8) is 0 Å². The van der Waals surface area contributed by atoms with Crippen molar-refractivity contribution in [3.8, 4) is 0 Å². The summed E-state index contributed by atoms with van der Waals surface area (Å²) in [5.41, 5.74) is 1.01. The number of rotatable bonds is 4. The third-order valence-electron chi connectivity index (χ3n) is 3.63. The minimum atomic E-state index is -0.892. The molecule has 0 N–H and O–H groups in total. The molecule has 0 radical (unpaired) electrons. The Kier molecular flexibility index (Phi) is 3.96. The van der Waals surface area contributed by atoms with Gasteiger partial charge in [0, 0.05) is 5.56 Å². The summed E-state index contributed by atoms with van der Waals surface area (Å²) in [5, 5.41) is 1.35.